The molecule has 0 unspecified atom stereocenters. The molecule has 10 heteroatoms. The van der Waals surface area contributed by atoms with Crippen LogP contribution in [0.3, 0.4) is 0 Å². The Morgan fingerprint density at radius 3 is 1.84 bits per heavy atom. The van der Waals surface area contributed by atoms with E-state index in [0.717, 1.165) is 30.9 Å². The lowest BCUT2D eigenvalue weighted by Crippen LogP contribution is -2.36. The number of nitrogens with one attached hydrogen (secondary N) is 2. The van der Waals surface area contributed by atoms with Crippen molar-refractivity contribution in [2.45, 2.75) is 19.2 Å². The van der Waals surface area contributed by atoms with Gasteiger partial charge in [-0.05, 0) is 68.4 Å². The fourth-order valence-corrected chi connectivity index (χ4v) is 3.42. The normalized spacial score (nSPS) is 13.8. The number of hydrogen-bond donors (Lipinski definition) is 2. The molecule has 1 aliphatic rings. The number of anilines is 3. The molecule has 2 N–H and O–H groups in total. The number of likely N-dealkylation sites (N-methyl/N-ethyl adjacent to an activating group) is 1. The van der Waals surface area contributed by atoms with Crippen LogP contribution in [0.1, 0.15) is 12.8 Å². The molecule has 0 radical (unpaired) electrons. The van der Waals surface area contributed by atoms with Crippen molar-refractivity contribution in [3.8, 4) is 5.75 Å². The van der Waals surface area contributed by atoms with E-state index in [1.807, 2.05) is 24.3 Å². The number of amides is 2. The lowest BCUT2D eigenvalue weighted by atomic mass is 10.2. The summed E-state index contributed by atoms with van der Waals surface area (Å²) < 4.78 is 40.3. The summed E-state index contributed by atoms with van der Waals surface area (Å²) in [6.45, 7) is 2.02. The van der Waals surface area contributed by atoms with E-state index < -0.39 is 12.3 Å². The first-order valence-corrected chi connectivity index (χ1v) is 10.2. The van der Waals surface area contributed by atoms with E-state index in [-0.39, 0.29) is 24.7 Å². The van der Waals surface area contributed by atoms with Gasteiger partial charge in [0.2, 0.25) is 11.8 Å². The Labute approximate surface area is 184 Å². The molecule has 0 saturated carbocycles. The largest absolute Gasteiger partial charge is 0.573 e. The summed E-state index contributed by atoms with van der Waals surface area (Å²) in [4.78, 5) is 28.2. The zero-order chi connectivity index (χ0) is 23.1. The van der Waals surface area contributed by atoms with Crippen molar-refractivity contribution in [3.63, 3.8) is 0 Å². The minimum absolute atomic E-state index is 0.000340. The van der Waals surface area contributed by atoms with Crippen molar-refractivity contribution in [1.82, 2.24) is 4.90 Å². The molecule has 2 aromatic rings. The molecule has 1 aliphatic heterocycles. The summed E-state index contributed by atoms with van der Waals surface area (Å²) >= 11 is 0. The van der Waals surface area contributed by atoms with Crippen molar-refractivity contribution in [3.05, 3.63) is 48.5 Å². The lowest BCUT2D eigenvalue weighted by molar-refractivity contribution is -0.274. The van der Waals surface area contributed by atoms with Gasteiger partial charge in [-0.2, -0.15) is 0 Å². The highest BCUT2D eigenvalue weighted by Crippen LogP contribution is 2.24. The Morgan fingerprint density at radius 1 is 0.906 bits per heavy atom. The minimum atomic E-state index is -4.77. The zero-order valence-corrected chi connectivity index (χ0v) is 17.6. The van der Waals surface area contributed by atoms with Crippen LogP contribution < -0.4 is 20.3 Å². The smallest absolute Gasteiger partial charge is 0.406 e. The molecule has 2 amide bonds. The molecule has 32 heavy (non-hydrogen) atoms. The second-order valence-corrected chi connectivity index (χ2v) is 7.58. The number of hydrogen-bond acceptors (Lipinski definition) is 5. The van der Waals surface area contributed by atoms with Crippen molar-refractivity contribution in [1.29, 1.82) is 0 Å². The SMILES string of the molecule is CN(CC(=O)Nc1ccc(OC(F)(F)F)cc1)CC(=O)Nc1ccc(N2CCCC2)cc1. The molecule has 1 fully saturated rings. The molecule has 2 aromatic carbocycles. The van der Waals surface area contributed by atoms with E-state index in [0.29, 0.717) is 11.4 Å². The van der Waals surface area contributed by atoms with E-state index in [9.17, 15) is 22.8 Å². The third kappa shape index (κ3) is 7.45. The predicted molar refractivity (Wildman–Crippen MR) is 116 cm³/mol. The molecule has 172 valence electrons. The Balaban J connectivity index is 1.41. The summed E-state index contributed by atoms with van der Waals surface area (Å²) in [6.07, 6.45) is -2.39. The average molecular weight is 450 g/mol. The van der Waals surface area contributed by atoms with E-state index in [1.54, 1.807) is 7.05 Å². The topological polar surface area (TPSA) is 73.9 Å². The van der Waals surface area contributed by atoms with Crippen LogP contribution in [0.2, 0.25) is 0 Å². The third-order valence-electron chi connectivity index (χ3n) is 4.82. The highest BCUT2D eigenvalue weighted by Gasteiger charge is 2.31. The molecule has 0 atom stereocenters. The summed E-state index contributed by atoms with van der Waals surface area (Å²) in [5, 5.41) is 5.37. The first-order valence-electron chi connectivity index (χ1n) is 10.2. The van der Waals surface area contributed by atoms with Crippen LogP contribution >= 0.6 is 0 Å². The van der Waals surface area contributed by atoms with E-state index in [4.69, 9.17) is 0 Å². The van der Waals surface area contributed by atoms with Crippen LogP contribution in [-0.4, -0.2) is 56.3 Å². The number of carbonyl (C=O) groups excluding carboxylic acids is 2. The Morgan fingerprint density at radius 2 is 1.38 bits per heavy atom. The number of carbonyl (C=O) groups is 2. The molecule has 1 heterocycles. The van der Waals surface area contributed by atoms with E-state index in [1.165, 1.54) is 29.9 Å². The Hall–Kier alpha value is -3.27. The highest BCUT2D eigenvalue weighted by molar-refractivity contribution is 5.94. The van der Waals surface area contributed by atoms with Gasteiger partial charge < -0.3 is 20.3 Å². The summed E-state index contributed by atoms with van der Waals surface area (Å²) in [5.74, 6) is -1.04. The quantitative estimate of drug-likeness (QED) is 0.642. The summed E-state index contributed by atoms with van der Waals surface area (Å²) in [7, 11) is 1.62. The Kier molecular flexibility index (Phi) is 7.57. The maximum Gasteiger partial charge on any atom is 0.573 e. The van der Waals surface area contributed by atoms with Crippen LogP contribution in [0, 0.1) is 0 Å². The molecule has 0 spiro atoms. The van der Waals surface area contributed by atoms with Gasteiger partial charge in [0.05, 0.1) is 13.1 Å². The van der Waals surface area contributed by atoms with Crippen LogP contribution in [0.4, 0.5) is 30.2 Å². The maximum atomic E-state index is 12.3. The number of benzene rings is 2. The first-order chi connectivity index (χ1) is 15.2. The molecule has 0 aromatic heterocycles. The molecular weight excluding hydrogens is 425 g/mol. The van der Waals surface area contributed by atoms with Crippen molar-refractivity contribution in [2.24, 2.45) is 0 Å². The summed E-state index contributed by atoms with van der Waals surface area (Å²) in [5.41, 5.74) is 2.13. The molecule has 7 nitrogen and oxygen atoms in total. The monoisotopic (exact) mass is 450 g/mol. The number of alkyl halides is 3. The van der Waals surface area contributed by atoms with Gasteiger partial charge >= 0.3 is 6.36 Å². The van der Waals surface area contributed by atoms with Gasteiger partial charge in [0, 0.05) is 30.2 Å². The van der Waals surface area contributed by atoms with Crippen LogP contribution in [0.15, 0.2) is 48.5 Å². The molecule has 0 aliphatic carbocycles. The lowest BCUT2D eigenvalue weighted by Gasteiger charge is -2.18. The van der Waals surface area contributed by atoms with Gasteiger partial charge in [-0.1, -0.05) is 0 Å². The van der Waals surface area contributed by atoms with Crippen LogP contribution in [-0.2, 0) is 9.59 Å². The third-order valence-corrected chi connectivity index (χ3v) is 4.82. The highest BCUT2D eigenvalue weighted by atomic mass is 19.4. The predicted octanol–water partition coefficient (Wildman–Crippen LogP) is 3.69. The van der Waals surface area contributed by atoms with Crippen molar-refractivity contribution >= 4 is 28.9 Å². The number of ether oxygens (including phenoxy) is 1. The second kappa shape index (κ2) is 10.4. The fraction of sp³-hybridized carbons (Fsp3) is 0.364. The molecule has 1 saturated heterocycles. The van der Waals surface area contributed by atoms with Crippen LogP contribution in [0.5, 0.6) is 5.75 Å². The Bertz CT molecular complexity index is 912. The van der Waals surface area contributed by atoms with E-state index in [2.05, 4.69) is 20.3 Å². The average Bonchev–Trinajstić information content (AvgIpc) is 3.23. The van der Waals surface area contributed by atoms with Gasteiger partial charge in [0.15, 0.2) is 0 Å². The first kappa shape index (κ1) is 23.4. The maximum absolute atomic E-state index is 12.3. The van der Waals surface area contributed by atoms with Gasteiger partial charge in [0.1, 0.15) is 5.75 Å². The number of rotatable bonds is 8. The fourth-order valence-electron chi connectivity index (χ4n) is 3.42. The van der Waals surface area contributed by atoms with E-state index >= 15 is 0 Å². The second-order valence-electron chi connectivity index (χ2n) is 7.58. The number of nitrogens with zero attached hydrogens (tertiary/aromatic N) is 2. The minimum Gasteiger partial charge on any atom is -0.406 e. The molecule has 3 rings (SSSR count). The van der Waals surface area contributed by atoms with Gasteiger partial charge in [0.25, 0.3) is 0 Å². The molecule has 0 bridgehead atoms. The van der Waals surface area contributed by atoms with Crippen LogP contribution in [0.25, 0.3) is 0 Å². The van der Waals surface area contributed by atoms with Crippen molar-refractivity contribution in [2.75, 3.05) is 48.8 Å². The van der Waals surface area contributed by atoms with Gasteiger partial charge in [-0.3, -0.25) is 14.5 Å². The summed E-state index contributed by atoms with van der Waals surface area (Å²) in [6, 6.07) is 12.5. The standard InChI is InChI=1S/C22H25F3N4O3/c1-28(15-21(31)27-17-6-10-19(11-7-17)32-22(23,24)25)14-20(30)26-16-4-8-18(9-5-16)29-12-2-3-13-29/h4-11H,2-3,12-15H2,1H3,(H,26,30)(H,27,31). The van der Waals surface area contributed by atoms with Crippen molar-refractivity contribution < 1.29 is 27.5 Å². The molecular formula is C22H25F3N4O3. The van der Waals surface area contributed by atoms with Gasteiger partial charge in [-0.25, -0.2) is 0 Å². The zero-order valence-electron chi connectivity index (χ0n) is 17.6. The number of halogens is 3. The van der Waals surface area contributed by atoms with Gasteiger partial charge in [-0.15, -0.1) is 13.2 Å².